The van der Waals surface area contributed by atoms with Gasteiger partial charge in [-0.05, 0) is 79.9 Å². The van der Waals surface area contributed by atoms with E-state index in [4.69, 9.17) is 24.4 Å². The molecule has 2 aromatic heterocycles. The molecule has 2 N–H and O–H groups in total. The highest BCUT2D eigenvalue weighted by molar-refractivity contribution is 7.80. The number of rotatable bonds is 13. The van der Waals surface area contributed by atoms with Gasteiger partial charge in [0.1, 0.15) is 11.6 Å². The predicted octanol–water partition coefficient (Wildman–Crippen LogP) is 3.63. The van der Waals surface area contributed by atoms with E-state index in [-0.39, 0.29) is 10.8 Å². The van der Waals surface area contributed by atoms with Crippen LogP contribution in [0.3, 0.4) is 0 Å². The highest BCUT2D eigenvalue weighted by Gasteiger charge is 2.22. The minimum Gasteiger partial charge on any atom is -0.243 e. The number of nitrogens with zero attached hydrogens (tertiary/aromatic N) is 6. The molecule has 8 nitrogen and oxygen atoms in total. The van der Waals surface area contributed by atoms with Crippen LogP contribution in [-0.2, 0) is 12.8 Å². The first-order chi connectivity index (χ1) is 13.2. The van der Waals surface area contributed by atoms with Gasteiger partial charge in [0.2, 0.25) is 0 Å². The minimum atomic E-state index is 0.103. The number of hydrogen-bond donors (Lipinski definition) is 2. The molecule has 0 aliphatic rings. The highest BCUT2D eigenvalue weighted by Crippen LogP contribution is 2.28. The van der Waals surface area contributed by atoms with Crippen molar-refractivity contribution in [3.63, 3.8) is 0 Å². The number of H-pyrrole nitrogens is 2. The molecule has 0 atom stereocenters. The van der Waals surface area contributed by atoms with Crippen LogP contribution in [0, 0.1) is 10.8 Å². The molecule has 0 saturated carbocycles. The molecule has 10 heteroatoms. The van der Waals surface area contributed by atoms with E-state index in [9.17, 15) is 0 Å². The molecule has 2 rings (SSSR count). The van der Waals surface area contributed by atoms with Crippen molar-refractivity contribution in [1.29, 1.82) is 0 Å². The second-order valence-electron chi connectivity index (χ2n) is 8.96. The van der Waals surface area contributed by atoms with Gasteiger partial charge in [-0.2, -0.15) is 0 Å². The van der Waals surface area contributed by atoms with E-state index in [1.54, 1.807) is 0 Å². The largest absolute Gasteiger partial charge is 0.243 e. The number of tetrazole rings is 2. The molecule has 154 valence electrons. The van der Waals surface area contributed by atoms with E-state index in [1.807, 2.05) is 0 Å². The third kappa shape index (κ3) is 8.55. The molecule has 0 fully saturated rings. The lowest BCUT2D eigenvalue weighted by Crippen LogP contribution is -2.18. The number of aromatic amines is 2. The molecule has 0 radical (unpaired) electrons. The van der Waals surface area contributed by atoms with Crippen molar-refractivity contribution >= 4 is 34.2 Å². The van der Waals surface area contributed by atoms with Gasteiger partial charge in [0, 0.05) is 12.8 Å². The molecule has 0 saturated heterocycles. The average Bonchev–Trinajstić information content (AvgIpc) is 3.30. The van der Waals surface area contributed by atoms with Gasteiger partial charge in [-0.25, -0.2) is 10.2 Å². The Labute approximate surface area is 177 Å². The van der Waals surface area contributed by atoms with Crippen LogP contribution in [0.15, 0.2) is 0 Å². The fourth-order valence-electron chi connectivity index (χ4n) is 3.08. The van der Waals surface area contributed by atoms with Gasteiger partial charge in [0.05, 0.1) is 0 Å². The van der Waals surface area contributed by atoms with Crippen molar-refractivity contribution in [2.75, 3.05) is 0 Å². The molecule has 0 spiro atoms. The maximum atomic E-state index is 5.59. The van der Waals surface area contributed by atoms with Crippen LogP contribution >= 0.6 is 24.4 Å². The van der Waals surface area contributed by atoms with Crippen LogP contribution < -0.4 is 0 Å². The molecule has 28 heavy (non-hydrogen) atoms. The van der Waals surface area contributed by atoms with Crippen LogP contribution in [0.2, 0.25) is 0 Å². The van der Waals surface area contributed by atoms with Gasteiger partial charge < -0.3 is 0 Å². The summed E-state index contributed by atoms with van der Waals surface area (Å²) in [6, 6.07) is 0. The normalized spacial score (nSPS) is 12.3. The topological polar surface area (TPSA) is 109 Å². The van der Waals surface area contributed by atoms with Gasteiger partial charge in [-0.3, -0.25) is 0 Å². The monoisotopic (exact) mass is 422 g/mol. The van der Waals surface area contributed by atoms with Gasteiger partial charge in [-0.15, -0.1) is 10.2 Å². The average molecular weight is 423 g/mol. The van der Waals surface area contributed by atoms with Crippen molar-refractivity contribution in [3.05, 3.63) is 11.6 Å². The fourth-order valence-corrected chi connectivity index (χ4v) is 3.48. The van der Waals surface area contributed by atoms with E-state index >= 15 is 0 Å². The van der Waals surface area contributed by atoms with Crippen LogP contribution in [0.1, 0.15) is 77.9 Å². The van der Waals surface area contributed by atoms with Crippen molar-refractivity contribution in [1.82, 2.24) is 41.2 Å². The molecular formula is C18H30N8S2. The molecule has 2 aromatic rings. The van der Waals surface area contributed by atoms with Crippen LogP contribution in [0.25, 0.3) is 0 Å². The Morgan fingerprint density at radius 3 is 1.43 bits per heavy atom. The van der Waals surface area contributed by atoms with E-state index in [0.717, 1.165) is 72.7 Å². The van der Waals surface area contributed by atoms with Gasteiger partial charge in [0.15, 0.2) is 0 Å². The van der Waals surface area contributed by atoms with Crippen LogP contribution in [-0.4, -0.2) is 51.0 Å². The maximum absolute atomic E-state index is 5.59. The first kappa shape index (κ1) is 22.6. The summed E-state index contributed by atoms with van der Waals surface area (Å²) in [6.45, 7) is 8.87. The second-order valence-corrected chi connectivity index (χ2v) is 10.1. The van der Waals surface area contributed by atoms with Crippen molar-refractivity contribution < 1.29 is 0 Å². The lowest BCUT2D eigenvalue weighted by atomic mass is 9.82. The molecule has 2 heterocycles. The summed E-state index contributed by atoms with van der Waals surface area (Å²) in [7, 11) is 0. The number of thiocarbonyl (C=S) groups is 2. The lowest BCUT2D eigenvalue weighted by Gasteiger charge is -2.24. The molecule has 0 bridgehead atoms. The molecule has 0 aliphatic heterocycles. The molecule has 0 amide bonds. The zero-order valence-corrected chi connectivity index (χ0v) is 18.8. The van der Waals surface area contributed by atoms with Crippen LogP contribution in [0.5, 0.6) is 0 Å². The molecular weight excluding hydrogens is 392 g/mol. The number of hydrogen-bond acceptors (Lipinski definition) is 8. The Bertz CT molecular complexity index is 673. The fraction of sp³-hybridized carbons (Fsp3) is 0.778. The Kier molecular flexibility index (Phi) is 8.23. The third-order valence-electron chi connectivity index (χ3n) is 4.91. The van der Waals surface area contributed by atoms with E-state index < -0.39 is 0 Å². The summed E-state index contributed by atoms with van der Waals surface area (Å²) < 4.78 is 0. The summed E-state index contributed by atoms with van der Waals surface area (Å²) >= 11 is 11.2. The summed E-state index contributed by atoms with van der Waals surface area (Å²) in [6.07, 6.45) is 7.29. The standard InChI is InChI=1S/C18H30N8S2/c1-17(2,11-15-19-23-24-20-15)9-7-13(27)5-6-14(28)8-10-18(3,4)12-16-21-25-26-22-16/h5-12H2,1-4H3,(H,19,20,23,24)(H,21,22,25,26). The first-order valence-electron chi connectivity index (χ1n) is 9.64. The number of nitrogens with one attached hydrogen (secondary N) is 2. The zero-order chi connectivity index (χ0) is 20.6. The van der Waals surface area contributed by atoms with Crippen molar-refractivity contribution in [2.45, 2.75) is 79.1 Å². The molecule has 0 aromatic carbocycles. The molecule has 0 aliphatic carbocycles. The van der Waals surface area contributed by atoms with Crippen molar-refractivity contribution in [2.24, 2.45) is 10.8 Å². The van der Waals surface area contributed by atoms with Crippen molar-refractivity contribution in [3.8, 4) is 0 Å². The SMILES string of the molecule is CC(C)(CCC(=S)CCC(=S)CCC(C)(C)Cc1nnn[nH]1)Cc1nnn[nH]1. The summed E-state index contributed by atoms with van der Waals surface area (Å²) in [5.41, 5.74) is 0.205. The van der Waals surface area contributed by atoms with E-state index in [2.05, 4.69) is 68.9 Å². The van der Waals surface area contributed by atoms with E-state index in [1.165, 1.54) is 0 Å². The Morgan fingerprint density at radius 1 is 0.714 bits per heavy atom. The lowest BCUT2D eigenvalue weighted by molar-refractivity contribution is 0.331. The predicted molar refractivity (Wildman–Crippen MR) is 116 cm³/mol. The Balaban J connectivity index is 1.64. The van der Waals surface area contributed by atoms with Gasteiger partial charge >= 0.3 is 0 Å². The molecule has 0 unspecified atom stereocenters. The van der Waals surface area contributed by atoms with E-state index in [0.29, 0.717) is 0 Å². The first-order valence-corrected chi connectivity index (χ1v) is 10.5. The zero-order valence-electron chi connectivity index (χ0n) is 17.2. The van der Waals surface area contributed by atoms with Gasteiger partial charge in [0.25, 0.3) is 0 Å². The summed E-state index contributed by atoms with van der Waals surface area (Å²) in [5.74, 6) is 1.64. The Morgan fingerprint density at radius 2 is 1.11 bits per heavy atom. The minimum absolute atomic E-state index is 0.103. The second kappa shape index (κ2) is 10.2. The maximum Gasteiger partial charge on any atom is 0.148 e. The third-order valence-corrected chi connectivity index (χ3v) is 5.73. The highest BCUT2D eigenvalue weighted by atomic mass is 32.1. The Hall–Kier alpha value is -1.68. The number of aromatic nitrogens is 8. The summed E-state index contributed by atoms with van der Waals surface area (Å²) in [5, 5.41) is 28.1. The summed E-state index contributed by atoms with van der Waals surface area (Å²) in [4.78, 5) is 2.19. The smallest absolute Gasteiger partial charge is 0.148 e. The quantitative estimate of drug-likeness (QED) is 0.471. The van der Waals surface area contributed by atoms with Gasteiger partial charge in [-0.1, -0.05) is 52.1 Å². The van der Waals surface area contributed by atoms with Crippen LogP contribution in [0.4, 0.5) is 0 Å².